The fourth-order valence-corrected chi connectivity index (χ4v) is 1.57. The van der Waals surface area contributed by atoms with Crippen molar-refractivity contribution in [2.45, 2.75) is 6.42 Å². The average Bonchev–Trinajstić information content (AvgIpc) is 2.88. The SMILES string of the molecule is OCC1CC1=Cc1ccccc1Cl. The quantitative estimate of drug-likeness (QED) is 0.768. The molecule has 68 valence electrons. The maximum atomic E-state index is 8.85. The summed E-state index contributed by atoms with van der Waals surface area (Å²) in [5, 5.41) is 9.63. The molecule has 0 amide bonds. The van der Waals surface area contributed by atoms with Crippen molar-refractivity contribution in [3.05, 3.63) is 40.4 Å². The van der Waals surface area contributed by atoms with E-state index in [4.69, 9.17) is 16.7 Å². The van der Waals surface area contributed by atoms with E-state index in [1.165, 1.54) is 5.57 Å². The normalized spacial score (nSPS) is 23.5. The van der Waals surface area contributed by atoms with Crippen molar-refractivity contribution in [2.24, 2.45) is 5.92 Å². The Balaban J connectivity index is 2.20. The zero-order chi connectivity index (χ0) is 9.26. The molecule has 2 rings (SSSR count). The lowest BCUT2D eigenvalue weighted by Gasteiger charge is -1.95. The predicted octanol–water partition coefficient (Wildman–Crippen LogP) is 2.74. The van der Waals surface area contributed by atoms with Gasteiger partial charge in [-0.05, 0) is 18.1 Å². The average molecular weight is 195 g/mol. The summed E-state index contributed by atoms with van der Waals surface area (Å²) in [5.74, 6) is 0.385. The van der Waals surface area contributed by atoms with Gasteiger partial charge in [-0.3, -0.25) is 0 Å². The van der Waals surface area contributed by atoms with E-state index in [9.17, 15) is 0 Å². The van der Waals surface area contributed by atoms with Crippen LogP contribution in [-0.4, -0.2) is 11.7 Å². The van der Waals surface area contributed by atoms with Crippen molar-refractivity contribution < 1.29 is 5.11 Å². The molecule has 1 unspecified atom stereocenters. The number of aliphatic hydroxyl groups is 1. The van der Waals surface area contributed by atoms with Crippen LogP contribution in [0.25, 0.3) is 6.08 Å². The Hall–Kier alpha value is -0.790. The largest absolute Gasteiger partial charge is 0.396 e. The summed E-state index contributed by atoms with van der Waals surface area (Å²) >= 11 is 5.98. The van der Waals surface area contributed by atoms with Gasteiger partial charge in [0.1, 0.15) is 0 Å². The van der Waals surface area contributed by atoms with Crippen LogP contribution in [-0.2, 0) is 0 Å². The molecule has 13 heavy (non-hydrogen) atoms. The van der Waals surface area contributed by atoms with E-state index in [1.807, 2.05) is 24.3 Å². The van der Waals surface area contributed by atoms with E-state index < -0.39 is 0 Å². The molecule has 0 saturated heterocycles. The van der Waals surface area contributed by atoms with E-state index in [1.54, 1.807) is 0 Å². The molecule has 1 nitrogen and oxygen atoms in total. The summed E-state index contributed by atoms with van der Waals surface area (Å²) in [4.78, 5) is 0. The summed E-state index contributed by atoms with van der Waals surface area (Å²) in [6.45, 7) is 0.260. The van der Waals surface area contributed by atoms with E-state index in [0.29, 0.717) is 5.92 Å². The minimum absolute atomic E-state index is 0.260. The molecule has 0 spiro atoms. The van der Waals surface area contributed by atoms with Gasteiger partial charge >= 0.3 is 0 Å². The van der Waals surface area contributed by atoms with Crippen molar-refractivity contribution in [3.8, 4) is 0 Å². The lowest BCUT2D eigenvalue weighted by atomic mass is 10.2. The number of halogens is 1. The highest BCUT2D eigenvalue weighted by Gasteiger charge is 2.28. The molecule has 2 heteroatoms. The molecule has 1 aliphatic carbocycles. The summed E-state index contributed by atoms with van der Waals surface area (Å²) in [7, 11) is 0. The Morgan fingerprint density at radius 1 is 1.46 bits per heavy atom. The monoisotopic (exact) mass is 194 g/mol. The summed E-state index contributed by atoms with van der Waals surface area (Å²) in [5.41, 5.74) is 2.35. The van der Waals surface area contributed by atoms with Crippen molar-refractivity contribution in [1.29, 1.82) is 0 Å². The first-order chi connectivity index (χ1) is 6.31. The number of benzene rings is 1. The predicted molar refractivity (Wildman–Crippen MR) is 54.6 cm³/mol. The fraction of sp³-hybridized carbons (Fsp3) is 0.273. The van der Waals surface area contributed by atoms with E-state index in [-0.39, 0.29) is 6.61 Å². The first kappa shape index (κ1) is 8.79. The molecule has 1 aromatic rings. The van der Waals surface area contributed by atoms with Gasteiger partial charge in [0, 0.05) is 17.5 Å². The molecule has 1 saturated carbocycles. The number of hydrogen-bond acceptors (Lipinski definition) is 1. The van der Waals surface area contributed by atoms with Crippen molar-refractivity contribution in [3.63, 3.8) is 0 Å². The Kier molecular flexibility index (Phi) is 2.38. The first-order valence-corrected chi connectivity index (χ1v) is 4.75. The van der Waals surface area contributed by atoms with Gasteiger partial charge in [-0.2, -0.15) is 0 Å². The van der Waals surface area contributed by atoms with Crippen LogP contribution in [0, 0.1) is 5.92 Å². The molecule has 1 aliphatic rings. The lowest BCUT2D eigenvalue weighted by Crippen LogP contribution is -1.81. The maximum absolute atomic E-state index is 8.85. The van der Waals surface area contributed by atoms with Crippen LogP contribution in [0.1, 0.15) is 12.0 Å². The van der Waals surface area contributed by atoms with E-state index in [2.05, 4.69) is 6.08 Å². The number of hydrogen-bond donors (Lipinski definition) is 1. The standard InChI is InChI=1S/C11H11ClO/c12-11-4-2-1-3-8(11)5-9-6-10(9)7-13/h1-5,10,13H,6-7H2. The molecule has 0 heterocycles. The van der Waals surface area contributed by atoms with Crippen LogP contribution < -0.4 is 0 Å². The summed E-state index contributed by atoms with van der Waals surface area (Å²) in [6, 6.07) is 7.75. The lowest BCUT2D eigenvalue weighted by molar-refractivity contribution is 0.281. The zero-order valence-electron chi connectivity index (χ0n) is 7.20. The highest BCUT2D eigenvalue weighted by molar-refractivity contribution is 6.32. The van der Waals surface area contributed by atoms with Gasteiger partial charge in [0.15, 0.2) is 0 Å². The molecule has 0 radical (unpaired) electrons. The fourth-order valence-electron chi connectivity index (χ4n) is 1.38. The van der Waals surface area contributed by atoms with Gasteiger partial charge in [-0.1, -0.05) is 41.4 Å². The molecule has 1 fully saturated rings. The Morgan fingerprint density at radius 2 is 2.23 bits per heavy atom. The van der Waals surface area contributed by atoms with Crippen LogP contribution in [0.15, 0.2) is 29.8 Å². The van der Waals surface area contributed by atoms with Gasteiger partial charge in [-0.25, -0.2) is 0 Å². The third-order valence-corrected chi connectivity index (χ3v) is 2.66. The van der Waals surface area contributed by atoms with Crippen LogP contribution in [0.3, 0.4) is 0 Å². The smallest absolute Gasteiger partial charge is 0.0499 e. The van der Waals surface area contributed by atoms with E-state index >= 15 is 0 Å². The molecule has 1 aromatic carbocycles. The van der Waals surface area contributed by atoms with Crippen LogP contribution in [0.2, 0.25) is 5.02 Å². The second-order valence-electron chi connectivity index (χ2n) is 3.32. The Morgan fingerprint density at radius 3 is 2.85 bits per heavy atom. The van der Waals surface area contributed by atoms with Gasteiger partial charge in [-0.15, -0.1) is 0 Å². The first-order valence-electron chi connectivity index (χ1n) is 4.37. The van der Waals surface area contributed by atoms with Crippen LogP contribution in [0.4, 0.5) is 0 Å². The molecular weight excluding hydrogens is 184 g/mol. The topological polar surface area (TPSA) is 20.2 Å². The molecule has 1 N–H and O–H groups in total. The maximum Gasteiger partial charge on any atom is 0.0499 e. The molecule has 0 bridgehead atoms. The highest BCUT2D eigenvalue weighted by Crippen LogP contribution is 2.39. The third-order valence-electron chi connectivity index (χ3n) is 2.31. The highest BCUT2D eigenvalue weighted by atomic mass is 35.5. The summed E-state index contributed by atoms with van der Waals surface area (Å²) in [6.07, 6.45) is 3.09. The zero-order valence-corrected chi connectivity index (χ0v) is 7.96. The number of aliphatic hydroxyl groups excluding tert-OH is 1. The van der Waals surface area contributed by atoms with Crippen LogP contribution >= 0.6 is 11.6 Å². The van der Waals surface area contributed by atoms with Gasteiger partial charge in [0.05, 0.1) is 0 Å². The second-order valence-corrected chi connectivity index (χ2v) is 3.73. The van der Waals surface area contributed by atoms with Crippen molar-refractivity contribution >= 4 is 17.7 Å². The van der Waals surface area contributed by atoms with Crippen molar-refractivity contribution in [2.75, 3.05) is 6.61 Å². The molecule has 1 atom stereocenters. The summed E-state index contributed by atoms with van der Waals surface area (Å²) < 4.78 is 0. The minimum atomic E-state index is 0.260. The molecule has 0 aromatic heterocycles. The molecular formula is C11H11ClO. The van der Waals surface area contributed by atoms with Gasteiger partial charge < -0.3 is 5.11 Å². The van der Waals surface area contributed by atoms with Crippen molar-refractivity contribution in [1.82, 2.24) is 0 Å². The van der Waals surface area contributed by atoms with E-state index in [0.717, 1.165) is 17.0 Å². The number of rotatable bonds is 2. The second kappa shape index (κ2) is 3.52. The molecule has 0 aliphatic heterocycles. The van der Waals surface area contributed by atoms with Gasteiger partial charge in [0.25, 0.3) is 0 Å². The minimum Gasteiger partial charge on any atom is -0.396 e. The van der Waals surface area contributed by atoms with Gasteiger partial charge in [0.2, 0.25) is 0 Å². The third kappa shape index (κ3) is 1.93. The van der Waals surface area contributed by atoms with Crippen LogP contribution in [0.5, 0.6) is 0 Å². The Labute approximate surface area is 82.7 Å². The Bertz CT molecular complexity index is 344.